The van der Waals surface area contributed by atoms with Crippen molar-refractivity contribution < 1.29 is 4.39 Å². The minimum absolute atomic E-state index is 0.301. The maximum atomic E-state index is 12.7. The van der Waals surface area contributed by atoms with E-state index in [0.717, 1.165) is 5.56 Å². The summed E-state index contributed by atoms with van der Waals surface area (Å²) in [4.78, 5) is 3.96. The van der Waals surface area contributed by atoms with Gasteiger partial charge in [0.25, 0.3) is 0 Å². The molecule has 0 fully saturated rings. The molecule has 1 aromatic carbocycles. The number of hydrogen-bond donors (Lipinski definition) is 1. The second kappa shape index (κ2) is 5.08. The first-order valence-electron chi connectivity index (χ1n) is 5.11. The zero-order valence-corrected chi connectivity index (χ0v) is 8.97. The quantitative estimate of drug-likeness (QED) is 0.877. The monoisotopic (exact) mass is 227 g/mol. The summed E-state index contributed by atoms with van der Waals surface area (Å²) in [7, 11) is 0. The van der Waals surface area contributed by atoms with Crippen molar-refractivity contribution in [2.24, 2.45) is 0 Å². The molecule has 4 heteroatoms. The lowest BCUT2D eigenvalue weighted by Crippen LogP contribution is -2.08. The summed E-state index contributed by atoms with van der Waals surface area (Å²) < 4.78 is 12.7. The van der Waals surface area contributed by atoms with E-state index in [0.29, 0.717) is 5.69 Å². The molecule has 1 aromatic heterocycles. The van der Waals surface area contributed by atoms with E-state index in [1.54, 1.807) is 30.6 Å². The van der Waals surface area contributed by atoms with Gasteiger partial charge in [-0.1, -0.05) is 6.07 Å². The predicted octanol–water partition coefficient (Wildman–Crippen LogP) is 2.90. The molecule has 84 valence electrons. The Bertz CT molecular complexity index is 517. The summed E-state index contributed by atoms with van der Waals surface area (Å²) in [5, 5.41) is 12.1. The smallest absolute Gasteiger partial charge is 0.141 e. The van der Waals surface area contributed by atoms with Gasteiger partial charge in [0.2, 0.25) is 0 Å². The standard InChI is InChI=1S/C13H10FN3/c14-11-3-5-12(6-4-11)17-13(8-15)10-2-1-7-16-9-10/h1-7,9,13,17H. The summed E-state index contributed by atoms with van der Waals surface area (Å²) in [5.74, 6) is -0.301. The minimum Gasteiger partial charge on any atom is -0.366 e. The number of aromatic nitrogens is 1. The topological polar surface area (TPSA) is 48.7 Å². The van der Waals surface area contributed by atoms with Crippen LogP contribution in [0.3, 0.4) is 0 Å². The van der Waals surface area contributed by atoms with E-state index >= 15 is 0 Å². The molecule has 1 heterocycles. The molecule has 3 nitrogen and oxygen atoms in total. The Morgan fingerprint density at radius 1 is 1.24 bits per heavy atom. The highest BCUT2D eigenvalue weighted by Crippen LogP contribution is 2.18. The molecular formula is C13H10FN3. The van der Waals surface area contributed by atoms with E-state index in [1.165, 1.54) is 12.1 Å². The van der Waals surface area contributed by atoms with Crippen LogP contribution in [0, 0.1) is 17.1 Å². The molecule has 0 amide bonds. The van der Waals surface area contributed by atoms with Crippen LogP contribution in [0.25, 0.3) is 0 Å². The van der Waals surface area contributed by atoms with Crippen LogP contribution >= 0.6 is 0 Å². The van der Waals surface area contributed by atoms with Gasteiger partial charge in [-0.2, -0.15) is 5.26 Å². The molecule has 1 N–H and O–H groups in total. The first-order chi connectivity index (χ1) is 8.29. The molecule has 0 bridgehead atoms. The predicted molar refractivity (Wildman–Crippen MR) is 62.6 cm³/mol. The summed E-state index contributed by atoms with van der Waals surface area (Å²) in [5.41, 5.74) is 1.47. The van der Waals surface area contributed by atoms with Gasteiger partial charge in [-0.05, 0) is 30.3 Å². The Morgan fingerprint density at radius 2 is 2.00 bits per heavy atom. The number of nitriles is 1. The summed E-state index contributed by atoms with van der Waals surface area (Å²) >= 11 is 0. The highest BCUT2D eigenvalue weighted by atomic mass is 19.1. The van der Waals surface area contributed by atoms with Crippen molar-refractivity contribution in [3.63, 3.8) is 0 Å². The average molecular weight is 227 g/mol. The molecule has 0 aliphatic heterocycles. The van der Waals surface area contributed by atoms with E-state index in [-0.39, 0.29) is 5.82 Å². The van der Waals surface area contributed by atoms with Gasteiger partial charge < -0.3 is 5.32 Å². The van der Waals surface area contributed by atoms with Crippen molar-refractivity contribution in [1.82, 2.24) is 4.98 Å². The summed E-state index contributed by atoms with van der Waals surface area (Å²) in [6.45, 7) is 0. The molecule has 0 aliphatic carbocycles. The van der Waals surface area contributed by atoms with Gasteiger partial charge in [0, 0.05) is 23.6 Å². The van der Waals surface area contributed by atoms with Crippen molar-refractivity contribution in [3.8, 4) is 6.07 Å². The Kier molecular flexibility index (Phi) is 3.31. The SMILES string of the molecule is N#CC(Nc1ccc(F)cc1)c1cccnc1. The largest absolute Gasteiger partial charge is 0.366 e. The molecule has 17 heavy (non-hydrogen) atoms. The van der Waals surface area contributed by atoms with Gasteiger partial charge in [-0.15, -0.1) is 0 Å². The van der Waals surface area contributed by atoms with E-state index < -0.39 is 6.04 Å². The zero-order valence-electron chi connectivity index (χ0n) is 8.97. The molecular weight excluding hydrogens is 217 g/mol. The highest BCUT2D eigenvalue weighted by molar-refractivity contribution is 5.47. The minimum atomic E-state index is -0.492. The van der Waals surface area contributed by atoms with Gasteiger partial charge >= 0.3 is 0 Å². The van der Waals surface area contributed by atoms with Gasteiger partial charge in [0.15, 0.2) is 0 Å². The van der Waals surface area contributed by atoms with Gasteiger partial charge in [0.1, 0.15) is 11.9 Å². The number of halogens is 1. The summed E-state index contributed by atoms with van der Waals surface area (Å²) in [6, 6.07) is 11.1. The first-order valence-corrected chi connectivity index (χ1v) is 5.11. The highest BCUT2D eigenvalue weighted by Gasteiger charge is 2.09. The first kappa shape index (κ1) is 11.1. The molecule has 0 radical (unpaired) electrons. The van der Waals surface area contributed by atoms with Crippen LogP contribution in [-0.4, -0.2) is 4.98 Å². The van der Waals surface area contributed by atoms with E-state index in [2.05, 4.69) is 16.4 Å². The number of nitrogens with one attached hydrogen (secondary N) is 1. The second-order valence-corrected chi connectivity index (χ2v) is 3.50. The number of pyridine rings is 1. The fraction of sp³-hybridized carbons (Fsp3) is 0.0769. The Balaban J connectivity index is 2.17. The number of benzene rings is 1. The Morgan fingerprint density at radius 3 is 2.59 bits per heavy atom. The van der Waals surface area contributed by atoms with Crippen molar-refractivity contribution >= 4 is 5.69 Å². The third-order valence-corrected chi connectivity index (χ3v) is 2.30. The van der Waals surface area contributed by atoms with Crippen LogP contribution in [0.2, 0.25) is 0 Å². The molecule has 0 aliphatic rings. The molecule has 0 spiro atoms. The molecule has 1 atom stereocenters. The van der Waals surface area contributed by atoms with Gasteiger partial charge in [-0.25, -0.2) is 4.39 Å². The van der Waals surface area contributed by atoms with Crippen LogP contribution in [0.1, 0.15) is 11.6 Å². The average Bonchev–Trinajstić information content (AvgIpc) is 2.39. The third-order valence-electron chi connectivity index (χ3n) is 2.30. The second-order valence-electron chi connectivity index (χ2n) is 3.50. The van der Waals surface area contributed by atoms with Crippen LogP contribution in [-0.2, 0) is 0 Å². The lowest BCUT2D eigenvalue weighted by Gasteiger charge is -2.12. The molecule has 2 rings (SSSR count). The van der Waals surface area contributed by atoms with Crippen molar-refractivity contribution in [2.45, 2.75) is 6.04 Å². The Labute approximate surface area is 98.5 Å². The van der Waals surface area contributed by atoms with E-state index in [4.69, 9.17) is 5.26 Å². The number of rotatable bonds is 3. The fourth-order valence-electron chi connectivity index (χ4n) is 1.45. The molecule has 2 aromatic rings. The van der Waals surface area contributed by atoms with Crippen molar-refractivity contribution in [1.29, 1.82) is 5.26 Å². The maximum absolute atomic E-state index is 12.7. The van der Waals surface area contributed by atoms with Crippen molar-refractivity contribution in [2.75, 3.05) is 5.32 Å². The molecule has 0 saturated carbocycles. The number of hydrogen-bond acceptors (Lipinski definition) is 3. The van der Waals surface area contributed by atoms with Crippen LogP contribution in [0.4, 0.5) is 10.1 Å². The number of nitrogens with zero attached hydrogens (tertiary/aromatic N) is 2. The van der Waals surface area contributed by atoms with E-state index in [1.807, 2.05) is 6.07 Å². The number of anilines is 1. The normalized spacial score (nSPS) is 11.5. The van der Waals surface area contributed by atoms with Crippen LogP contribution < -0.4 is 5.32 Å². The van der Waals surface area contributed by atoms with Gasteiger partial charge in [0.05, 0.1) is 6.07 Å². The van der Waals surface area contributed by atoms with E-state index in [9.17, 15) is 4.39 Å². The Hall–Kier alpha value is -2.41. The van der Waals surface area contributed by atoms with Crippen LogP contribution in [0.5, 0.6) is 0 Å². The fourth-order valence-corrected chi connectivity index (χ4v) is 1.45. The summed E-state index contributed by atoms with van der Waals surface area (Å²) in [6.07, 6.45) is 3.28. The maximum Gasteiger partial charge on any atom is 0.141 e. The van der Waals surface area contributed by atoms with Crippen molar-refractivity contribution in [3.05, 3.63) is 60.2 Å². The lowest BCUT2D eigenvalue weighted by molar-refractivity contribution is 0.628. The third kappa shape index (κ3) is 2.79. The lowest BCUT2D eigenvalue weighted by atomic mass is 10.1. The van der Waals surface area contributed by atoms with Gasteiger partial charge in [-0.3, -0.25) is 4.98 Å². The zero-order chi connectivity index (χ0) is 12.1. The molecule has 1 unspecified atom stereocenters. The molecule has 0 saturated heterocycles. The van der Waals surface area contributed by atoms with Crippen LogP contribution in [0.15, 0.2) is 48.8 Å².